The van der Waals surface area contributed by atoms with Gasteiger partial charge in [0.15, 0.2) is 0 Å². The first-order chi connectivity index (χ1) is 42.7. The van der Waals surface area contributed by atoms with Crippen molar-refractivity contribution < 1.29 is 9.47 Å². The quantitative estimate of drug-likeness (QED) is 0.0364. The molecule has 0 aliphatic heterocycles. The van der Waals surface area contributed by atoms with E-state index in [1.54, 1.807) is 22.3 Å². The number of rotatable bonds is 40. The normalized spacial score (nSPS) is 14.5. The SMILES string of the molecule is CCCCC(CC)CC1(CC(CC)CCCC)c2cc(C)ccc2-c2ccc(C)cc21.CCCCC(CC)COc1cc(C)c(OCC(CC)CCCC)cc1C.CCCCCCCCC1(CCCCCCCC)c2cc(C)ccc2-c2ccc(C)cc21. The molecule has 2 aliphatic carbocycles. The van der Waals surface area contributed by atoms with E-state index in [1.165, 1.54) is 261 Å². The van der Waals surface area contributed by atoms with E-state index in [0.717, 1.165) is 36.5 Å². The van der Waals surface area contributed by atoms with Gasteiger partial charge < -0.3 is 9.47 Å². The van der Waals surface area contributed by atoms with Gasteiger partial charge in [-0.15, -0.1) is 0 Å². The van der Waals surface area contributed by atoms with Crippen LogP contribution in [0, 0.1) is 65.2 Å². The minimum absolute atomic E-state index is 0.186. The van der Waals surface area contributed by atoms with Crippen molar-refractivity contribution in [1.82, 2.24) is 0 Å². The molecule has 490 valence electrons. The first kappa shape index (κ1) is 74.4. The molecule has 0 radical (unpaired) electrons. The lowest BCUT2D eigenvalue weighted by atomic mass is 9.65. The highest BCUT2D eigenvalue weighted by molar-refractivity contribution is 5.83. The average Bonchev–Trinajstić information content (AvgIpc) is 1.59. The van der Waals surface area contributed by atoms with Crippen molar-refractivity contribution in [2.75, 3.05) is 13.2 Å². The van der Waals surface area contributed by atoms with E-state index in [9.17, 15) is 0 Å². The molecular weight excluding hydrogens is 1060 g/mol. The largest absolute Gasteiger partial charge is 0.493 e. The van der Waals surface area contributed by atoms with Gasteiger partial charge in [0.1, 0.15) is 11.5 Å². The van der Waals surface area contributed by atoms with Crippen LogP contribution < -0.4 is 9.47 Å². The Morgan fingerprint density at radius 3 is 0.864 bits per heavy atom. The molecule has 2 heteroatoms. The van der Waals surface area contributed by atoms with E-state index >= 15 is 0 Å². The minimum Gasteiger partial charge on any atom is -0.493 e. The second kappa shape index (κ2) is 39.8. The average molecular weight is 1200 g/mol. The van der Waals surface area contributed by atoms with E-state index in [2.05, 4.69) is 196 Å². The third-order valence-corrected chi connectivity index (χ3v) is 21.1. The zero-order valence-corrected chi connectivity index (χ0v) is 60.3. The van der Waals surface area contributed by atoms with Crippen molar-refractivity contribution in [3.63, 3.8) is 0 Å². The highest BCUT2D eigenvalue weighted by Crippen LogP contribution is 2.57. The van der Waals surface area contributed by atoms with Gasteiger partial charge in [-0.05, 0) is 172 Å². The summed E-state index contributed by atoms with van der Waals surface area (Å²) in [5.74, 6) is 4.97. The fourth-order valence-electron chi connectivity index (χ4n) is 15.2. The number of hydrogen-bond donors (Lipinski definition) is 0. The van der Waals surface area contributed by atoms with E-state index in [4.69, 9.17) is 9.47 Å². The van der Waals surface area contributed by atoms with Crippen LogP contribution in [0.1, 0.15) is 330 Å². The van der Waals surface area contributed by atoms with Crippen LogP contribution in [0.5, 0.6) is 11.5 Å². The standard InChI is InChI=1S/2C31H46.C24H42O2/c1-7-11-13-25(9-3)21-31(22-26(10-4)14-12-8-2)29-19-23(5)15-17-27(29)28-18-16-24(6)20-30(28)31;1-5-7-9-11-13-15-21-31(22-16-14-12-10-8-6-2)29-23-25(3)17-19-27(29)28-20-18-26(4)24-30(28)31;1-7-11-13-21(9-3)17-25-23-15-20(6)24(16-19(23)5)26-18-22(10-4)14-12-8-2/h15-20,25-26H,7-14,21-22H2,1-6H3;17-20,23-24H,5-16,21-22H2,1-4H3;15-16,21-22H,7-14,17-18H2,1-6H3. The molecule has 0 heterocycles. The molecule has 7 rings (SSSR count). The number of unbranched alkanes of at least 4 members (excludes halogenated alkanes) is 14. The molecule has 0 aromatic heterocycles. The van der Waals surface area contributed by atoms with Gasteiger partial charge in [0.05, 0.1) is 13.2 Å². The van der Waals surface area contributed by atoms with Gasteiger partial charge in [0, 0.05) is 10.8 Å². The fourth-order valence-corrected chi connectivity index (χ4v) is 15.2. The first-order valence-electron chi connectivity index (χ1n) is 37.5. The van der Waals surface area contributed by atoms with E-state index < -0.39 is 0 Å². The second-order valence-electron chi connectivity index (χ2n) is 28.5. The van der Waals surface area contributed by atoms with Crippen molar-refractivity contribution in [3.8, 4) is 33.8 Å². The molecule has 2 nitrogen and oxygen atoms in total. The highest BCUT2D eigenvalue weighted by atomic mass is 16.5. The fraction of sp³-hybridized carbons (Fsp3) is 0.651. The van der Waals surface area contributed by atoms with Crippen molar-refractivity contribution in [1.29, 1.82) is 0 Å². The summed E-state index contributed by atoms with van der Waals surface area (Å²) in [5.41, 5.74) is 21.0. The monoisotopic (exact) mass is 1200 g/mol. The van der Waals surface area contributed by atoms with Crippen LogP contribution in [0.3, 0.4) is 0 Å². The van der Waals surface area contributed by atoms with Crippen LogP contribution >= 0.6 is 0 Å². The van der Waals surface area contributed by atoms with Crippen LogP contribution in [0.2, 0.25) is 0 Å². The van der Waals surface area contributed by atoms with Gasteiger partial charge in [-0.2, -0.15) is 0 Å². The molecule has 0 spiro atoms. The Morgan fingerprint density at radius 1 is 0.295 bits per heavy atom. The summed E-state index contributed by atoms with van der Waals surface area (Å²) >= 11 is 0. The van der Waals surface area contributed by atoms with Crippen LogP contribution in [-0.4, -0.2) is 13.2 Å². The van der Waals surface area contributed by atoms with Crippen LogP contribution in [0.4, 0.5) is 0 Å². The van der Waals surface area contributed by atoms with Crippen molar-refractivity contribution in [2.24, 2.45) is 23.7 Å². The molecule has 0 saturated heterocycles. The Morgan fingerprint density at radius 2 is 0.568 bits per heavy atom. The Bertz CT molecular complexity index is 2550. The van der Waals surface area contributed by atoms with Crippen molar-refractivity contribution >= 4 is 0 Å². The highest BCUT2D eigenvalue weighted by Gasteiger charge is 2.46. The molecule has 5 aromatic rings. The summed E-state index contributed by atoms with van der Waals surface area (Å²) in [6, 6.07) is 33.4. The molecule has 0 bridgehead atoms. The molecule has 5 aromatic carbocycles. The Hall–Kier alpha value is -4.30. The molecule has 88 heavy (non-hydrogen) atoms. The number of benzene rings is 5. The minimum atomic E-state index is 0.186. The van der Waals surface area contributed by atoms with Gasteiger partial charge >= 0.3 is 0 Å². The van der Waals surface area contributed by atoms with Crippen LogP contribution in [0.15, 0.2) is 84.9 Å². The molecule has 0 amide bonds. The van der Waals surface area contributed by atoms with Crippen molar-refractivity contribution in [2.45, 2.75) is 327 Å². The smallest absolute Gasteiger partial charge is 0.122 e. The number of ether oxygens (including phenoxy) is 2. The summed E-state index contributed by atoms with van der Waals surface area (Å²) < 4.78 is 12.3. The maximum atomic E-state index is 6.17. The lowest BCUT2D eigenvalue weighted by Gasteiger charge is -2.39. The molecule has 4 unspecified atom stereocenters. The zero-order valence-electron chi connectivity index (χ0n) is 60.3. The van der Waals surface area contributed by atoms with E-state index in [1.807, 2.05) is 0 Å². The van der Waals surface area contributed by atoms with Gasteiger partial charge in [0.2, 0.25) is 0 Å². The molecule has 4 atom stereocenters. The molecule has 0 fully saturated rings. The van der Waals surface area contributed by atoms with Gasteiger partial charge in [-0.1, -0.05) is 331 Å². The predicted molar refractivity (Wildman–Crippen MR) is 390 cm³/mol. The maximum absolute atomic E-state index is 6.17. The molecule has 2 aliphatic rings. The van der Waals surface area contributed by atoms with E-state index in [-0.39, 0.29) is 10.8 Å². The summed E-state index contributed by atoms with van der Waals surface area (Å²) in [5, 5.41) is 0. The number of aryl methyl sites for hydroxylation is 6. The van der Waals surface area contributed by atoms with Gasteiger partial charge in [0.25, 0.3) is 0 Å². The Kier molecular flexibility index (Phi) is 33.7. The number of hydrogen-bond acceptors (Lipinski definition) is 2. The third kappa shape index (κ3) is 21.4. The van der Waals surface area contributed by atoms with Gasteiger partial charge in [-0.3, -0.25) is 0 Å². The van der Waals surface area contributed by atoms with Crippen LogP contribution in [-0.2, 0) is 10.8 Å². The maximum Gasteiger partial charge on any atom is 0.122 e. The topological polar surface area (TPSA) is 18.5 Å². The first-order valence-corrected chi connectivity index (χ1v) is 37.5. The Labute approximate surface area is 544 Å². The third-order valence-electron chi connectivity index (χ3n) is 21.1. The molecule has 0 saturated carbocycles. The van der Waals surface area contributed by atoms with Crippen LogP contribution in [0.25, 0.3) is 22.3 Å². The lowest BCUT2D eigenvalue weighted by molar-refractivity contribution is 0.226. The summed E-state index contributed by atoms with van der Waals surface area (Å²) in [7, 11) is 0. The second-order valence-corrected chi connectivity index (χ2v) is 28.5. The summed E-state index contributed by atoms with van der Waals surface area (Å²) in [6.45, 7) is 38.2. The van der Waals surface area contributed by atoms with Crippen molar-refractivity contribution in [3.05, 3.63) is 141 Å². The predicted octanol–water partition coefficient (Wildman–Crippen LogP) is 27.3. The zero-order chi connectivity index (χ0) is 63.9. The summed E-state index contributed by atoms with van der Waals surface area (Å²) in [4.78, 5) is 0. The van der Waals surface area contributed by atoms with E-state index in [0.29, 0.717) is 11.8 Å². The molecule has 0 N–H and O–H groups in total. The molecular formula is C86H134O2. The van der Waals surface area contributed by atoms with Gasteiger partial charge in [-0.25, -0.2) is 0 Å². The Balaban J connectivity index is 0.000000242. The number of fused-ring (bicyclic) bond motifs is 6. The summed E-state index contributed by atoms with van der Waals surface area (Å²) in [6.07, 6.45) is 42.6. The lowest BCUT2D eigenvalue weighted by Crippen LogP contribution is -2.31.